The Morgan fingerprint density at radius 2 is 1.74 bits per heavy atom. The van der Waals surface area contributed by atoms with E-state index in [2.05, 4.69) is 21.2 Å². The van der Waals surface area contributed by atoms with Crippen molar-refractivity contribution < 1.29 is 18.0 Å². The summed E-state index contributed by atoms with van der Waals surface area (Å²) in [5, 5.41) is 3.98. The summed E-state index contributed by atoms with van der Waals surface area (Å²) >= 11 is 3.46. The molecule has 0 spiro atoms. The van der Waals surface area contributed by atoms with Gasteiger partial charge in [-0.3, -0.25) is 4.79 Å². The van der Waals surface area contributed by atoms with Gasteiger partial charge in [0.25, 0.3) is 5.91 Å². The van der Waals surface area contributed by atoms with Gasteiger partial charge < -0.3 is 18.6 Å². The second-order valence-corrected chi connectivity index (χ2v) is 7.35. The molecule has 1 aromatic carbocycles. The smallest absolute Gasteiger partial charge is 0.287 e. The molecule has 0 aliphatic rings. The van der Waals surface area contributed by atoms with Crippen LogP contribution >= 0.6 is 15.9 Å². The Balaban J connectivity index is 1.58. The highest BCUT2D eigenvalue weighted by Crippen LogP contribution is 2.28. The zero-order valence-electron chi connectivity index (χ0n) is 14.7. The molecule has 0 unspecified atom stereocenters. The molecule has 1 amide bonds. The molecule has 4 rings (SSSR count). The number of amides is 1. The third-order valence-electron chi connectivity index (χ3n) is 4.50. The normalized spacial score (nSPS) is 11.4. The Hall–Kier alpha value is -2.73. The van der Waals surface area contributed by atoms with Crippen molar-refractivity contribution >= 4 is 32.8 Å². The maximum atomic E-state index is 12.9. The largest absolute Gasteiger partial charge is 0.469 e. The lowest BCUT2D eigenvalue weighted by Gasteiger charge is -2.16. The van der Waals surface area contributed by atoms with Crippen LogP contribution in [0.4, 0.5) is 0 Å². The molecule has 0 atom stereocenters. The number of rotatable bonds is 6. The van der Waals surface area contributed by atoms with Crippen molar-refractivity contribution in [3.8, 4) is 0 Å². The first-order chi connectivity index (χ1) is 13.1. The van der Waals surface area contributed by atoms with Crippen molar-refractivity contribution in [1.29, 1.82) is 0 Å². The van der Waals surface area contributed by atoms with E-state index in [9.17, 15) is 4.79 Å². The highest BCUT2D eigenvalue weighted by Gasteiger charge is 2.22. The van der Waals surface area contributed by atoms with E-state index in [0.29, 0.717) is 24.2 Å². The minimum Gasteiger partial charge on any atom is -0.469 e. The van der Waals surface area contributed by atoms with E-state index in [-0.39, 0.29) is 11.9 Å². The lowest BCUT2D eigenvalue weighted by atomic mass is 10.1. The molecule has 0 aliphatic carbocycles. The Morgan fingerprint density at radius 3 is 2.33 bits per heavy atom. The molecule has 138 valence electrons. The highest BCUT2D eigenvalue weighted by molar-refractivity contribution is 9.10. The van der Waals surface area contributed by atoms with Crippen LogP contribution in [0.25, 0.3) is 11.0 Å². The van der Waals surface area contributed by atoms with Crippen LogP contribution in [0.1, 0.15) is 27.6 Å². The van der Waals surface area contributed by atoms with E-state index in [0.717, 1.165) is 26.9 Å². The zero-order valence-corrected chi connectivity index (χ0v) is 16.3. The van der Waals surface area contributed by atoms with Gasteiger partial charge in [0.15, 0.2) is 5.76 Å². The number of halogens is 1. The van der Waals surface area contributed by atoms with E-state index < -0.39 is 0 Å². The maximum Gasteiger partial charge on any atom is 0.287 e. The molecule has 0 radical (unpaired) electrons. The molecular formula is C21H18BrNO4. The Morgan fingerprint density at radius 1 is 1.07 bits per heavy atom. The van der Waals surface area contributed by atoms with Gasteiger partial charge in [-0.2, -0.15) is 0 Å². The van der Waals surface area contributed by atoms with Crippen molar-refractivity contribution in [1.82, 2.24) is 5.32 Å². The number of carbonyl (C=O) groups excluding carboxylic acids is 1. The number of hydrogen-bond donors (Lipinski definition) is 1. The number of benzene rings is 1. The monoisotopic (exact) mass is 427 g/mol. The first kappa shape index (κ1) is 17.7. The summed E-state index contributed by atoms with van der Waals surface area (Å²) in [5.74, 6) is 1.68. The lowest BCUT2D eigenvalue weighted by Crippen LogP contribution is -2.38. The molecular weight excluding hydrogens is 410 g/mol. The van der Waals surface area contributed by atoms with Crippen molar-refractivity contribution in [3.05, 3.63) is 82.3 Å². The predicted molar refractivity (Wildman–Crippen MR) is 105 cm³/mol. The van der Waals surface area contributed by atoms with E-state index >= 15 is 0 Å². The number of fused-ring (bicyclic) bond motifs is 1. The molecule has 0 aliphatic heterocycles. The van der Waals surface area contributed by atoms with Gasteiger partial charge >= 0.3 is 0 Å². The van der Waals surface area contributed by atoms with Crippen LogP contribution in [0.15, 0.2) is 72.7 Å². The van der Waals surface area contributed by atoms with Crippen LogP contribution < -0.4 is 5.32 Å². The van der Waals surface area contributed by atoms with Gasteiger partial charge in [-0.15, -0.1) is 0 Å². The Labute approximate surface area is 164 Å². The fourth-order valence-electron chi connectivity index (χ4n) is 3.18. The third-order valence-corrected chi connectivity index (χ3v) is 4.99. The number of nitrogens with one attached hydrogen (secondary N) is 1. The summed E-state index contributed by atoms with van der Waals surface area (Å²) in [6, 6.07) is 13.0. The van der Waals surface area contributed by atoms with Crippen LogP contribution in [0.2, 0.25) is 0 Å². The maximum absolute atomic E-state index is 12.9. The average molecular weight is 428 g/mol. The summed E-state index contributed by atoms with van der Waals surface area (Å²) in [4.78, 5) is 12.9. The topological polar surface area (TPSA) is 68.5 Å². The molecule has 3 heterocycles. The van der Waals surface area contributed by atoms with Gasteiger partial charge in [-0.1, -0.05) is 15.9 Å². The van der Waals surface area contributed by atoms with Crippen molar-refractivity contribution in [2.45, 2.75) is 25.8 Å². The predicted octanol–water partition coefficient (Wildman–Crippen LogP) is 5.27. The van der Waals surface area contributed by atoms with Gasteiger partial charge in [0.1, 0.15) is 17.1 Å². The molecule has 3 aromatic heterocycles. The van der Waals surface area contributed by atoms with E-state index in [1.54, 1.807) is 12.5 Å². The van der Waals surface area contributed by atoms with E-state index in [1.165, 1.54) is 0 Å². The number of hydrogen-bond acceptors (Lipinski definition) is 4. The summed E-state index contributed by atoms with van der Waals surface area (Å²) in [7, 11) is 0. The molecule has 0 saturated carbocycles. The van der Waals surface area contributed by atoms with Crippen LogP contribution in [-0.4, -0.2) is 11.9 Å². The van der Waals surface area contributed by atoms with Crippen LogP contribution in [-0.2, 0) is 12.8 Å². The van der Waals surface area contributed by atoms with E-state index in [4.69, 9.17) is 13.3 Å². The molecule has 0 bridgehead atoms. The molecule has 5 nitrogen and oxygen atoms in total. The SMILES string of the molecule is Cc1c(C(=O)NC(Cc2ccco2)Cc2ccco2)oc2ccc(Br)cc12. The van der Waals surface area contributed by atoms with Crippen LogP contribution in [0.5, 0.6) is 0 Å². The fraction of sp³-hybridized carbons (Fsp3) is 0.190. The van der Waals surface area contributed by atoms with Crippen LogP contribution in [0.3, 0.4) is 0 Å². The second-order valence-electron chi connectivity index (χ2n) is 6.43. The summed E-state index contributed by atoms with van der Waals surface area (Å²) in [6.07, 6.45) is 4.37. The van der Waals surface area contributed by atoms with Crippen molar-refractivity contribution in [2.75, 3.05) is 0 Å². The second kappa shape index (κ2) is 7.48. The number of aryl methyl sites for hydroxylation is 1. The van der Waals surface area contributed by atoms with Gasteiger partial charge in [0, 0.05) is 34.3 Å². The number of carbonyl (C=O) groups is 1. The quantitative estimate of drug-likeness (QED) is 0.454. The first-order valence-corrected chi connectivity index (χ1v) is 9.44. The summed E-state index contributed by atoms with van der Waals surface area (Å²) < 4.78 is 17.6. The number of furan rings is 3. The Kier molecular flexibility index (Phi) is 4.90. The van der Waals surface area contributed by atoms with Gasteiger partial charge in [0.05, 0.1) is 12.5 Å². The van der Waals surface area contributed by atoms with Gasteiger partial charge in [0.2, 0.25) is 0 Å². The minimum atomic E-state index is -0.247. The highest BCUT2D eigenvalue weighted by atomic mass is 79.9. The summed E-state index contributed by atoms with van der Waals surface area (Å²) in [6.45, 7) is 1.89. The fourth-order valence-corrected chi connectivity index (χ4v) is 3.54. The first-order valence-electron chi connectivity index (χ1n) is 8.64. The van der Waals surface area contributed by atoms with Crippen molar-refractivity contribution in [2.24, 2.45) is 0 Å². The van der Waals surface area contributed by atoms with Crippen LogP contribution in [0, 0.1) is 6.92 Å². The third kappa shape index (κ3) is 3.85. The molecule has 6 heteroatoms. The molecule has 1 N–H and O–H groups in total. The Bertz CT molecular complexity index is 1010. The lowest BCUT2D eigenvalue weighted by molar-refractivity contribution is 0.0908. The van der Waals surface area contributed by atoms with Crippen molar-refractivity contribution in [3.63, 3.8) is 0 Å². The average Bonchev–Trinajstić information content (AvgIpc) is 3.38. The molecule has 27 heavy (non-hydrogen) atoms. The van der Waals surface area contributed by atoms with Gasteiger partial charge in [-0.25, -0.2) is 0 Å². The van der Waals surface area contributed by atoms with E-state index in [1.807, 2.05) is 49.4 Å². The minimum absolute atomic E-state index is 0.186. The molecule has 4 aromatic rings. The standard InChI is InChI=1S/C21H18BrNO4/c1-13-18-10-14(22)6-7-19(18)27-20(13)21(24)23-15(11-16-4-2-8-25-16)12-17-5-3-9-26-17/h2-10,15H,11-12H2,1H3,(H,23,24). The molecule has 0 saturated heterocycles. The van der Waals surface area contributed by atoms with Gasteiger partial charge in [-0.05, 0) is 49.4 Å². The summed E-state index contributed by atoms with van der Waals surface area (Å²) in [5.41, 5.74) is 1.51. The molecule has 0 fully saturated rings. The zero-order chi connectivity index (χ0) is 18.8.